The van der Waals surface area contributed by atoms with E-state index >= 15 is 0 Å². The predicted octanol–water partition coefficient (Wildman–Crippen LogP) is 7.75. The highest BCUT2D eigenvalue weighted by atomic mass is 19.4. The van der Waals surface area contributed by atoms with Gasteiger partial charge in [-0.2, -0.15) is 0 Å². The topological polar surface area (TPSA) is 67.8 Å². The molecule has 2 fully saturated rings. The van der Waals surface area contributed by atoms with E-state index in [-0.39, 0.29) is 23.0 Å². The van der Waals surface area contributed by atoms with E-state index in [1.165, 1.54) is 11.6 Å². The van der Waals surface area contributed by atoms with Crippen LogP contribution in [0.2, 0.25) is 0 Å². The Kier molecular flexibility index (Phi) is 8.02. The van der Waals surface area contributed by atoms with Gasteiger partial charge in [0, 0.05) is 48.3 Å². The molecular formula is C38H42F3N2O4+. The minimum atomic E-state index is -5.07. The van der Waals surface area contributed by atoms with Crippen LogP contribution in [0.1, 0.15) is 61.8 Å². The van der Waals surface area contributed by atoms with Crippen LogP contribution in [0.4, 0.5) is 18.9 Å². The maximum atomic E-state index is 13.4. The summed E-state index contributed by atoms with van der Waals surface area (Å²) in [5.74, 6) is -0.591. The molecule has 2 aliphatic heterocycles. The number of nitrogens with zero attached hydrogens (tertiary/aromatic N) is 1. The monoisotopic (exact) mass is 647 g/mol. The van der Waals surface area contributed by atoms with Crippen molar-refractivity contribution in [2.45, 2.75) is 76.3 Å². The first kappa shape index (κ1) is 31.6. The molecule has 248 valence electrons. The van der Waals surface area contributed by atoms with Crippen LogP contribution in [0.15, 0.2) is 72.5 Å². The number of rotatable bonds is 9. The first-order chi connectivity index (χ1) is 22.5. The number of likely N-dealkylation sites (tertiary alicyclic amines) is 1. The Labute approximate surface area is 273 Å². The molecule has 5 atom stereocenters. The molecule has 1 saturated heterocycles. The SMILES string of the molecule is CC(C)C[N+]1(CCc2ccccc2)CC[C@]23c4c5c(O)cc(NC(=O)C(=Cc6ccccc6)OC(F)(F)F)c4O[C@H]2CCC[C@H]3[C@H]1C5. The normalized spacial score (nSPS) is 27.6. The molecule has 4 aliphatic rings. The van der Waals surface area contributed by atoms with Gasteiger partial charge in [-0.15, -0.1) is 13.2 Å². The summed E-state index contributed by atoms with van der Waals surface area (Å²) in [6, 6.07) is 20.6. The number of phenols is 1. The molecule has 1 amide bonds. The quantitative estimate of drug-likeness (QED) is 0.142. The van der Waals surface area contributed by atoms with E-state index in [0.717, 1.165) is 73.4 Å². The van der Waals surface area contributed by atoms with Crippen molar-refractivity contribution in [2.75, 3.05) is 25.0 Å². The third kappa shape index (κ3) is 5.66. The molecule has 9 heteroatoms. The van der Waals surface area contributed by atoms with E-state index in [1.807, 2.05) is 6.07 Å². The molecule has 2 N–H and O–H groups in total. The Morgan fingerprint density at radius 1 is 1.13 bits per heavy atom. The number of aromatic hydroxyl groups is 1. The van der Waals surface area contributed by atoms with Crippen LogP contribution in [0.5, 0.6) is 11.5 Å². The fourth-order valence-corrected chi connectivity index (χ4v) is 9.51. The summed E-state index contributed by atoms with van der Waals surface area (Å²) in [6.07, 6.45) is 1.40. The standard InChI is InChI=1S/C38H41F3N2O4/c1-24(2)23-43(18-16-25-10-5-3-6-11-25)19-17-37-28-14-9-15-33(37)46-35-29(22-31(44)27(34(35)37)21-30(28)43)42-36(45)32(47-38(39,40)41)20-26-12-7-4-8-13-26/h3-8,10-13,20,22,24,28,30,33H,9,14-19,21,23H2,1-2H3,(H-,42,44,45)/p+1/t28-,30+,33-,37+,43?/m0/s1. The van der Waals surface area contributed by atoms with Gasteiger partial charge in [-0.1, -0.05) is 74.5 Å². The van der Waals surface area contributed by atoms with Gasteiger partial charge < -0.3 is 24.4 Å². The van der Waals surface area contributed by atoms with Gasteiger partial charge in [0.2, 0.25) is 0 Å². The van der Waals surface area contributed by atoms with Crippen LogP contribution < -0.4 is 10.1 Å². The molecule has 2 bridgehead atoms. The lowest BCUT2D eigenvalue weighted by molar-refractivity contribution is -0.964. The molecular weight excluding hydrogens is 605 g/mol. The number of halogens is 3. The summed E-state index contributed by atoms with van der Waals surface area (Å²) in [5, 5.41) is 14.2. The summed E-state index contributed by atoms with van der Waals surface area (Å²) in [7, 11) is 0. The summed E-state index contributed by atoms with van der Waals surface area (Å²) < 4.78 is 52.2. The van der Waals surface area contributed by atoms with Crippen LogP contribution in [-0.4, -0.2) is 53.6 Å². The van der Waals surface area contributed by atoms with Crippen molar-refractivity contribution in [3.05, 3.63) is 94.7 Å². The Morgan fingerprint density at radius 2 is 1.85 bits per heavy atom. The first-order valence-electron chi connectivity index (χ1n) is 16.8. The van der Waals surface area contributed by atoms with Crippen molar-refractivity contribution in [2.24, 2.45) is 11.8 Å². The number of alkyl halides is 3. The number of phenolic OH excluding ortho intramolecular Hbond substituents is 1. The van der Waals surface area contributed by atoms with Gasteiger partial charge in [0.1, 0.15) is 17.6 Å². The van der Waals surface area contributed by atoms with Crippen molar-refractivity contribution in [3.63, 3.8) is 0 Å². The highest BCUT2D eigenvalue weighted by Gasteiger charge is 2.68. The molecule has 47 heavy (non-hydrogen) atoms. The molecule has 6 nitrogen and oxygen atoms in total. The molecule has 0 aromatic heterocycles. The molecule has 1 saturated carbocycles. The maximum absolute atomic E-state index is 13.4. The summed E-state index contributed by atoms with van der Waals surface area (Å²) in [5.41, 5.74) is 3.40. The van der Waals surface area contributed by atoms with Gasteiger partial charge in [-0.25, -0.2) is 0 Å². The zero-order valence-electron chi connectivity index (χ0n) is 26.9. The van der Waals surface area contributed by atoms with E-state index in [0.29, 0.717) is 35.6 Å². The lowest BCUT2D eigenvalue weighted by atomic mass is 9.51. The highest BCUT2D eigenvalue weighted by Crippen LogP contribution is 2.66. The van der Waals surface area contributed by atoms with Crippen LogP contribution in [0.3, 0.4) is 0 Å². The van der Waals surface area contributed by atoms with Gasteiger partial charge in [0.15, 0.2) is 5.76 Å². The van der Waals surface area contributed by atoms with E-state index in [9.17, 15) is 23.1 Å². The minimum Gasteiger partial charge on any atom is -0.508 e. The van der Waals surface area contributed by atoms with E-state index in [4.69, 9.17) is 4.74 Å². The number of carbonyl (C=O) groups excluding carboxylic acids is 1. The minimum absolute atomic E-state index is 0.0506. The van der Waals surface area contributed by atoms with E-state index in [1.54, 1.807) is 30.3 Å². The Hall–Kier alpha value is -3.98. The number of carbonyl (C=O) groups is 1. The zero-order valence-corrected chi connectivity index (χ0v) is 26.9. The second-order valence-corrected chi connectivity index (χ2v) is 14.2. The number of hydrogen-bond acceptors (Lipinski definition) is 4. The fraction of sp³-hybridized carbons (Fsp3) is 0.447. The number of benzene rings is 3. The first-order valence-corrected chi connectivity index (χ1v) is 16.8. The fourth-order valence-electron chi connectivity index (χ4n) is 9.51. The molecule has 3 aromatic carbocycles. The van der Waals surface area contributed by atoms with Crippen molar-refractivity contribution >= 4 is 17.7 Å². The average molecular weight is 648 g/mol. The highest BCUT2D eigenvalue weighted by molar-refractivity contribution is 6.06. The summed E-state index contributed by atoms with van der Waals surface area (Å²) >= 11 is 0. The smallest absolute Gasteiger partial charge is 0.508 e. The number of piperidine rings is 1. The third-order valence-electron chi connectivity index (χ3n) is 11.1. The van der Waals surface area contributed by atoms with Crippen LogP contribution >= 0.6 is 0 Å². The second kappa shape index (κ2) is 11.9. The molecule has 2 aliphatic carbocycles. The number of quaternary nitrogens is 1. The average Bonchev–Trinajstić information content (AvgIpc) is 3.37. The van der Waals surface area contributed by atoms with Crippen LogP contribution in [-0.2, 0) is 27.8 Å². The van der Waals surface area contributed by atoms with Gasteiger partial charge in [-0.3, -0.25) is 4.79 Å². The number of hydrogen-bond donors (Lipinski definition) is 2. The second-order valence-electron chi connectivity index (χ2n) is 14.2. The zero-order chi connectivity index (χ0) is 33.0. The van der Waals surface area contributed by atoms with Crippen molar-refractivity contribution in [1.82, 2.24) is 0 Å². The molecule has 7 rings (SSSR count). The van der Waals surface area contributed by atoms with Crippen molar-refractivity contribution < 1.29 is 37.0 Å². The van der Waals surface area contributed by atoms with Gasteiger partial charge >= 0.3 is 6.36 Å². The molecule has 2 heterocycles. The largest absolute Gasteiger partial charge is 0.573 e. The molecule has 1 unspecified atom stereocenters. The summed E-state index contributed by atoms with van der Waals surface area (Å²) in [4.78, 5) is 13.4. The van der Waals surface area contributed by atoms with Gasteiger partial charge in [0.05, 0.1) is 36.8 Å². The predicted molar refractivity (Wildman–Crippen MR) is 174 cm³/mol. The number of nitrogens with one attached hydrogen (secondary N) is 1. The Bertz CT molecular complexity index is 1680. The lowest BCUT2D eigenvalue weighted by Gasteiger charge is -2.62. The molecule has 1 spiro atoms. The lowest BCUT2D eigenvalue weighted by Crippen LogP contribution is -2.72. The summed E-state index contributed by atoms with van der Waals surface area (Å²) in [6.45, 7) is 7.66. The van der Waals surface area contributed by atoms with Crippen LogP contribution in [0, 0.1) is 11.8 Å². The van der Waals surface area contributed by atoms with E-state index in [2.05, 4.69) is 48.2 Å². The van der Waals surface area contributed by atoms with Gasteiger partial charge in [0.25, 0.3) is 5.91 Å². The van der Waals surface area contributed by atoms with Crippen molar-refractivity contribution in [3.8, 4) is 11.5 Å². The number of ether oxygens (including phenoxy) is 2. The third-order valence-corrected chi connectivity index (χ3v) is 11.1. The Morgan fingerprint density at radius 3 is 2.55 bits per heavy atom. The van der Waals surface area contributed by atoms with Gasteiger partial charge in [-0.05, 0) is 36.5 Å². The maximum Gasteiger partial charge on any atom is 0.573 e. The molecule has 3 aromatic rings. The Balaban J connectivity index is 1.26. The van der Waals surface area contributed by atoms with E-state index < -0.39 is 18.0 Å². The molecule has 0 radical (unpaired) electrons. The van der Waals surface area contributed by atoms with Crippen molar-refractivity contribution in [1.29, 1.82) is 0 Å². The number of anilines is 1. The van der Waals surface area contributed by atoms with Crippen LogP contribution in [0.25, 0.3) is 6.08 Å². The number of amides is 1.